The third-order valence-corrected chi connectivity index (χ3v) is 3.25. The Balaban J connectivity index is 2.39. The van der Waals surface area contributed by atoms with E-state index >= 15 is 0 Å². The predicted octanol–water partition coefficient (Wildman–Crippen LogP) is 2.03. The minimum absolute atomic E-state index is 0.160. The van der Waals surface area contributed by atoms with Gasteiger partial charge < -0.3 is 5.32 Å². The lowest BCUT2D eigenvalue weighted by Crippen LogP contribution is -2.25. The van der Waals surface area contributed by atoms with Crippen LogP contribution < -0.4 is 5.32 Å². The second kappa shape index (κ2) is 6.02. The average Bonchev–Trinajstić information content (AvgIpc) is 2.94. The Morgan fingerprint density at radius 2 is 2.16 bits per heavy atom. The SMILES string of the molecule is CCCn1nccc1C(NCC)c1cn(C)nc1C. The molecule has 0 radical (unpaired) electrons. The number of hydrogen-bond donors (Lipinski definition) is 1. The molecule has 1 atom stereocenters. The molecule has 0 aliphatic rings. The molecule has 0 saturated heterocycles. The van der Waals surface area contributed by atoms with Crippen molar-refractivity contribution in [2.75, 3.05) is 6.54 Å². The van der Waals surface area contributed by atoms with E-state index in [-0.39, 0.29) is 6.04 Å². The van der Waals surface area contributed by atoms with E-state index in [0.717, 1.165) is 25.2 Å². The van der Waals surface area contributed by atoms with E-state index < -0.39 is 0 Å². The van der Waals surface area contributed by atoms with Crippen molar-refractivity contribution in [2.24, 2.45) is 7.05 Å². The normalized spacial score (nSPS) is 12.8. The molecule has 19 heavy (non-hydrogen) atoms. The first-order valence-corrected chi connectivity index (χ1v) is 6.92. The zero-order chi connectivity index (χ0) is 13.8. The molecule has 0 aliphatic carbocycles. The predicted molar refractivity (Wildman–Crippen MR) is 76.0 cm³/mol. The average molecular weight is 261 g/mol. The fourth-order valence-electron chi connectivity index (χ4n) is 2.47. The van der Waals surface area contributed by atoms with E-state index in [0.29, 0.717) is 0 Å². The lowest BCUT2D eigenvalue weighted by molar-refractivity contribution is 0.519. The molecule has 2 aromatic rings. The monoisotopic (exact) mass is 261 g/mol. The number of aromatic nitrogens is 4. The zero-order valence-electron chi connectivity index (χ0n) is 12.2. The molecule has 0 amide bonds. The van der Waals surface area contributed by atoms with E-state index in [4.69, 9.17) is 0 Å². The van der Waals surface area contributed by atoms with Gasteiger partial charge in [0.15, 0.2) is 0 Å². The van der Waals surface area contributed by atoms with Gasteiger partial charge in [-0.2, -0.15) is 10.2 Å². The van der Waals surface area contributed by atoms with Gasteiger partial charge in [-0.1, -0.05) is 13.8 Å². The van der Waals surface area contributed by atoms with Crippen molar-refractivity contribution in [2.45, 2.75) is 39.8 Å². The van der Waals surface area contributed by atoms with Crippen LogP contribution in [0.2, 0.25) is 0 Å². The quantitative estimate of drug-likeness (QED) is 0.865. The summed E-state index contributed by atoms with van der Waals surface area (Å²) in [4.78, 5) is 0. The summed E-state index contributed by atoms with van der Waals surface area (Å²) < 4.78 is 3.95. The Hall–Kier alpha value is -1.62. The largest absolute Gasteiger partial charge is 0.305 e. The Bertz CT molecular complexity index is 526. The number of aryl methyl sites for hydroxylation is 3. The van der Waals surface area contributed by atoms with Crippen molar-refractivity contribution in [1.29, 1.82) is 0 Å². The molecule has 5 heteroatoms. The molecular formula is C14H23N5. The summed E-state index contributed by atoms with van der Waals surface area (Å²) in [5.74, 6) is 0. The maximum atomic E-state index is 4.45. The highest BCUT2D eigenvalue weighted by molar-refractivity contribution is 5.28. The van der Waals surface area contributed by atoms with Gasteiger partial charge in [-0.15, -0.1) is 0 Å². The highest BCUT2D eigenvalue weighted by atomic mass is 15.3. The van der Waals surface area contributed by atoms with Crippen LogP contribution in [-0.2, 0) is 13.6 Å². The summed E-state index contributed by atoms with van der Waals surface area (Å²) in [6.45, 7) is 8.21. The first kappa shape index (κ1) is 13.8. The molecule has 2 rings (SSSR count). The molecular weight excluding hydrogens is 238 g/mol. The van der Waals surface area contributed by atoms with Crippen LogP contribution in [0.3, 0.4) is 0 Å². The zero-order valence-corrected chi connectivity index (χ0v) is 12.2. The van der Waals surface area contributed by atoms with E-state index in [9.17, 15) is 0 Å². The van der Waals surface area contributed by atoms with Gasteiger partial charge >= 0.3 is 0 Å². The highest BCUT2D eigenvalue weighted by Crippen LogP contribution is 2.24. The van der Waals surface area contributed by atoms with Crippen LogP contribution in [0.25, 0.3) is 0 Å². The van der Waals surface area contributed by atoms with Crippen molar-refractivity contribution in [3.05, 3.63) is 35.4 Å². The van der Waals surface area contributed by atoms with Gasteiger partial charge in [0.1, 0.15) is 0 Å². The van der Waals surface area contributed by atoms with Crippen molar-refractivity contribution in [3.63, 3.8) is 0 Å². The van der Waals surface area contributed by atoms with Crippen LogP contribution in [0.15, 0.2) is 18.5 Å². The fraction of sp³-hybridized carbons (Fsp3) is 0.571. The maximum absolute atomic E-state index is 4.45. The molecule has 0 spiro atoms. The van der Waals surface area contributed by atoms with Crippen LogP contribution in [0.5, 0.6) is 0 Å². The van der Waals surface area contributed by atoms with Crippen LogP contribution in [0.1, 0.15) is 43.3 Å². The summed E-state index contributed by atoms with van der Waals surface area (Å²) in [6.07, 6.45) is 5.05. The topological polar surface area (TPSA) is 47.7 Å². The lowest BCUT2D eigenvalue weighted by atomic mass is 10.0. The van der Waals surface area contributed by atoms with E-state index in [1.807, 2.05) is 17.9 Å². The molecule has 0 bridgehead atoms. The lowest BCUT2D eigenvalue weighted by Gasteiger charge is -2.19. The van der Waals surface area contributed by atoms with Crippen LogP contribution >= 0.6 is 0 Å². The number of nitrogens with one attached hydrogen (secondary N) is 1. The summed E-state index contributed by atoms with van der Waals surface area (Å²) in [6, 6.07) is 2.25. The van der Waals surface area contributed by atoms with Crippen molar-refractivity contribution >= 4 is 0 Å². The molecule has 5 nitrogen and oxygen atoms in total. The van der Waals surface area contributed by atoms with Gasteiger partial charge in [-0.3, -0.25) is 9.36 Å². The molecule has 0 fully saturated rings. The molecule has 104 valence electrons. The Labute approximate surface area is 114 Å². The number of rotatable bonds is 6. The van der Waals surface area contributed by atoms with Gasteiger partial charge in [0.25, 0.3) is 0 Å². The summed E-state index contributed by atoms with van der Waals surface area (Å²) >= 11 is 0. The number of nitrogens with zero attached hydrogens (tertiary/aromatic N) is 4. The van der Waals surface area contributed by atoms with E-state index in [1.54, 1.807) is 0 Å². The summed E-state index contributed by atoms with van der Waals surface area (Å²) in [7, 11) is 1.96. The second-order valence-electron chi connectivity index (χ2n) is 4.81. The van der Waals surface area contributed by atoms with Gasteiger partial charge in [-0.05, 0) is 26.0 Å². The first-order chi connectivity index (χ1) is 9.17. The molecule has 2 heterocycles. The summed E-state index contributed by atoms with van der Waals surface area (Å²) in [5, 5.41) is 12.4. The molecule has 2 aromatic heterocycles. The molecule has 1 unspecified atom stereocenters. The highest BCUT2D eigenvalue weighted by Gasteiger charge is 2.20. The minimum Gasteiger partial charge on any atom is -0.305 e. The van der Waals surface area contributed by atoms with Crippen molar-refractivity contribution in [3.8, 4) is 0 Å². The third-order valence-electron chi connectivity index (χ3n) is 3.25. The Morgan fingerprint density at radius 3 is 2.74 bits per heavy atom. The van der Waals surface area contributed by atoms with Gasteiger partial charge in [0.05, 0.1) is 17.4 Å². The van der Waals surface area contributed by atoms with Crippen molar-refractivity contribution < 1.29 is 0 Å². The van der Waals surface area contributed by atoms with E-state index in [2.05, 4.69) is 53.2 Å². The van der Waals surface area contributed by atoms with Crippen LogP contribution in [0.4, 0.5) is 0 Å². The fourth-order valence-corrected chi connectivity index (χ4v) is 2.47. The van der Waals surface area contributed by atoms with E-state index in [1.165, 1.54) is 11.3 Å². The number of hydrogen-bond acceptors (Lipinski definition) is 3. The molecule has 0 aromatic carbocycles. The van der Waals surface area contributed by atoms with Gasteiger partial charge in [-0.25, -0.2) is 0 Å². The second-order valence-corrected chi connectivity index (χ2v) is 4.81. The minimum atomic E-state index is 0.160. The Morgan fingerprint density at radius 1 is 1.37 bits per heavy atom. The molecule has 0 saturated carbocycles. The van der Waals surface area contributed by atoms with Crippen LogP contribution in [-0.4, -0.2) is 26.1 Å². The van der Waals surface area contributed by atoms with Gasteiger partial charge in [0, 0.05) is 31.5 Å². The molecule has 0 aliphatic heterocycles. The maximum Gasteiger partial charge on any atom is 0.0781 e. The summed E-state index contributed by atoms with van der Waals surface area (Å²) in [5.41, 5.74) is 3.50. The van der Waals surface area contributed by atoms with Gasteiger partial charge in [0.2, 0.25) is 0 Å². The first-order valence-electron chi connectivity index (χ1n) is 6.92. The Kier molecular flexibility index (Phi) is 4.37. The standard InChI is InChI=1S/C14H23N5/c1-5-9-19-13(7-8-16-19)14(15-6-2)12-10-18(4)17-11(12)3/h7-8,10,14-15H,5-6,9H2,1-4H3. The van der Waals surface area contributed by atoms with Crippen LogP contribution in [0, 0.1) is 6.92 Å². The third kappa shape index (κ3) is 2.87. The smallest absolute Gasteiger partial charge is 0.0781 e. The van der Waals surface area contributed by atoms with Crippen molar-refractivity contribution in [1.82, 2.24) is 24.9 Å². The molecule has 1 N–H and O–H groups in total.